The van der Waals surface area contributed by atoms with Crippen molar-refractivity contribution in [3.63, 3.8) is 0 Å². The molecule has 0 fully saturated rings. The van der Waals surface area contributed by atoms with Crippen molar-refractivity contribution in [1.82, 2.24) is 5.32 Å². The molecule has 1 aliphatic heterocycles. The number of rotatable bonds is 3. The van der Waals surface area contributed by atoms with Gasteiger partial charge in [0.05, 0.1) is 0 Å². The Kier molecular flexibility index (Phi) is 3.79. The third-order valence-electron chi connectivity index (χ3n) is 3.66. The van der Waals surface area contributed by atoms with E-state index in [9.17, 15) is 4.79 Å². The summed E-state index contributed by atoms with van der Waals surface area (Å²) in [6.07, 6.45) is 1.50. The molecule has 20 heavy (non-hydrogen) atoms. The van der Waals surface area contributed by atoms with E-state index in [0.29, 0.717) is 6.42 Å². The van der Waals surface area contributed by atoms with Gasteiger partial charge in [0, 0.05) is 18.2 Å². The van der Waals surface area contributed by atoms with Crippen LogP contribution in [0.3, 0.4) is 0 Å². The van der Waals surface area contributed by atoms with Crippen molar-refractivity contribution in [2.45, 2.75) is 18.9 Å². The Balaban J connectivity index is 1.68. The zero-order valence-electron chi connectivity index (χ0n) is 11.3. The lowest BCUT2D eigenvalue weighted by Gasteiger charge is -2.26. The zero-order chi connectivity index (χ0) is 13.8. The molecule has 0 aromatic heterocycles. The topological polar surface area (TPSA) is 41.1 Å². The molecule has 2 aromatic carbocycles. The van der Waals surface area contributed by atoms with Crippen molar-refractivity contribution in [2.75, 3.05) is 11.9 Å². The van der Waals surface area contributed by atoms with Gasteiger partial charge in [-0.05, 0) is 36.2 Å². The van der Waals surface area contributed by atoms with Crippen LogP contribution in [-0.4, -0.2) is 12.5 Å². The van der Waals surface area contributed by atoms with Crippen molar-refractivity contribution in [3.05, 3.63) is 65.7 Å². The fourth-order valence-corrected chi connectivity index (χ4v) is 2.69. The molecule has 1 atom stereocenters. The molecule has 3 nitrogen and oxygen atoms in total. The number of para-hydroxylation sites is 1. The van der Waals surface area contributed by atoms with Gasteiger partial charge in [-0.15, -0.1) is 0 Å². The molecule has 1 amide bonds. The molecule has 1 aliphatic rings. The second kappa shape index (κ2) is 5.88. The van der Waals surface area contributed by atoms with Gasteiger partial charge in [0.1, 0.15) is 0 Å². The predicted molar refractivity (Wildman–Crippen MR) is 80.6 cm³/mol. The number of fused-ring (bicyclic) bond motifs is 1. The average Bonchev–Trinajstić information content (AvgIpc) is 2.48. The second-order valence-corrected chi connectivity index (χ2v) is 5.07. The summed E-state index contributed by atoms with van der Waals surface area (Å²) in [7, 11) is 0. The Labute approximate surface area is 119 Å². The quantitative estimate of drug-likeness (QED) is 0.897. The first-order valence-electron chi connectivity index (χ1n) is 6.99. The minimum Gasteiger partial charge on any atom is -0.326 e. The third-order valence-corrected chi connectivity index (χ3v) is 3.66. The normalized spacial score (nSPS) is 17.3. The van der Waals surface area contributed by atoms with Gasteiger partial charge in [-0.2, -0.15) is 0 Å². The van der Waals surface area contributed by atoms with Gasteiger partial charge in [-0.3, -0.25) is 4.79 Å². The van der Waals surface area contributed by atoms with Gasteiger partial charge < -0.3 is 10.6 Å². The standard InChI is InChI=1S/C17H18N2O/c20-17(19-14-7-2-1-3-8-14)12-16-15-9-5-4-6-13(15)10-11-18-16/h1-9,16,18H,10-12H2,(H,19,20)/t16-/m1/s1. The van der Waals surface area contributed by atoms with E-state index in [1.165, 1.54) is 11.1 Å². The van der Waals surface area contributed by atoms with Crippen molar-refractivity contribution in [2.24, 2.45) is 0 Å². The lowest BCUT2D eigenvalue weighted by Crippen LogP contribution is -2.32. The monoisotopic (exact) mass is 266 g/mol. The van der Waals surface area contributed by atoms with Gasteiger partial charge in [0.2, 0.25) is 5.91 Å². The summed E-state index contributed by atoms with van der Waals surface area (Å²) in [5.41, 5.74) is 3.45. The first-order valence-corrected chi connectivity index (χ1v) is 6.99. The molecule has 0 bridgehead atoms. The number of carbonyl (C=O) groups is 1. The van der Waals surface area contributed by atoms with Gasteiger partial charge in [-0.1, -0.05) is 42.5 Å². The van der Waals surface area contributed by atoms with Crippen LogP contribution in [0.4, 0.5) is 5.69 Å². The summed E-state index contributed by atoms with van der Waals surface area (Å²) in [6, 6.07) is 18.1. The molecule has 2 N–H and O–H groups in total. The highest BCUT2D eigenvalue weighted by molar-refractivity contribution is 5.91. The highest BCUT2D eigenvalue weighted by atomic mass is 16.1. The van der Waals surface area contributed by atoms with Gasteiger partial charge in [-0.25, -0.2) is 0 Å². The summed E-state index contributed by atoms with van der Waals surface area (Å²) >= 11 is 0. The number of carbonyl (C=O) groups excluding carboxylic acids is 1. The lowest BCUT2D eigenvalue weighted by molar-refractivity contribution is -0.116. The van der Waals surface area contributed by atoms with Crippen molar-refractivity contribution < 1.29 is 4.79 Å². The van der Waals surface area contributed by atoms with Gasteiger partial charge >= 0.3 is 0 Å². The van der Waals surface area contributed by atoms with Crippen molar-refractivity contribution in [1.29, 1.82) is 0 Å². The largest absolute Gasteiger partial charge is 0.326 e. The second-order valence-electron chi connectivity index (χ2n) is 5.07. The summed E-state index contributed by atoms with van der Waals surface area (Å²) in [4.78, 5) is 12.1. The van der Waals surface area contributed by atoms with E-state index >= 15 is 0 Å². The van der Waals surface area contributed by atoms with Crippen LogP contribution in [0.25, 0.3) is 0 Å². The molecule has 0 radical (unpaired) electrons. The van der Waals surface area contributed by atoms with Crippen LogP contribution in [0.1, 0.15) is 23.6 Å². The molecule has 0 spiro atoms. The molecular formula is C17H18N2O. The van der Waals surface area contributed by atoms with Gasteiger partial charge in [0.25, 0.3) is 0 Å². The van der Waals surface area contributed by atoms with E-state index in [1.54, 1.807) is 0 Å². The summed E-state index contributed by atoms with van der Waals surface area (Å²) < 4.78 is 0. The van der Waals surface area contributed by atoms with E-state index in [4.69, 9.17) is 0 Å². The van der Waals surface area contributed by atoms with Crippen LogP contribution >= 0.6 is 0 Å². The van der Waals surface area contributed by atoms with Crippen LogP contribution in [-0.2, 0) is 11.2 Å². The van der Waals surface area contributed by atoms with E-state index in [-0.39, 0.29) is 11.9 Å². The van der Waals surface area contributed by atoms with E-state index in [2.05, 4.69) is 28.8 Å². The maximum Gasteiger partial charge on any atom is 0.226 e. The maximum absolute atomic E-state index is 12.1. The Morgan fingerprint density at radius 3 is 2.70 bits per heavy atom. The van der Waals surface area contributed by atoms with Crippen LogP contribution in [0.5, 0.6) is 0 Å². The number of hydrogen-bond donors (Lipinski definition) is 2. The summed E-state index contributed by atoms with van der Waals surface area (Å²) in [5, 5.41) is 6.37. The number of nitrogens with one attached hydrogen (secondary N) is 2. The number of benzene rings is 2. The van der Waals surface area contributed by atoms with Crippen LogP contribution in [0.15, 0.2) is 54.6 Å². The summed E-state index contributed by atoms with van der Waals surface area (Å²) in [5.74, 6) is 0.0467. The SMILES string of the molecule is O=C(C[C@H]1NCCc2ccccc21)Nc1ccccc1. The minimum atomic E-state index is 0.0467. The van der Waals surface area contributed by atoms with E-state index in [0.717, 1.165) is 18.7 Å². The van der Waals surface area contributed by atoms with Crippen LogP contribution in [0, 0.1) is 0 Å². The maximum atomic E-state index is 12.1. The molecule has 3 heteroatoms. The predicted octanol–water partition coefficient (Wildman–Crippen LogP) is 2.90. The molecule has 0 aliphatic carbocycles. The van der Waals surface area contributed by atoms with Crippen molar-refractivity contribution in [3.8, 4) is 0 Å². The number of hydrogen-bond acceptors (Lipinski definition) is 2. The average molecular weight is 266 g/mol. The van der Waals surface area contributed by atoms with Crippen LogP contribution < -0.4 is 10.6 Å². The van der Waals surface area contributed by atoms with Gasteiger partial charge in [0.15, 0.2) is 0 Å². The number of anilines is 1. The third kappa shape index (κ3) is 2.89. The van der Waals surface area contributed by atoms with E-state index < -0.39 is 0 Å². The van der Waals surface area contributed by atoms with Crippen molar-refractivity contribution >= 4 is 11.6 Å². The van der Waals surface area contributed by atoms with Crippen LogP contribution in [0.2, 0.25) is 0 Å². The zero-order valence-corrected chi connectivity index (χ0v) is 11.3. The molecule has 1 heterocycles. The fourth-order valence-electron chi connectivity index (χ4n) is 2.69. The first-order chi connectivity index (χ1) is 9.83. The fraction of sp³-hybridized carbons (Fsp3) is 0.235. The highest BCUT2D eigenvalue weighted by Crippen LogP contribution is 2.25. The number of amides is 1. The summed E-state index contributed by atoms with van der Waals surface area (Å²) in [6.45, 7) is 0.931. The molecular weight excluding hydrogens is 248 g/mol. The Morgan fingerprint density at radius 2 is 1.85 bits per heavy atom. The minimum absolute atomic E-state index is 0.0467. The molecule has 3 rings (SSSR count). The molecule has 102 valence electrons. The first kappa shape index (κ1) is 12.9. The highest BCUT2D eigenvalue weighted by Gasteiger charge is 2.21. The molecule has 2 aromatic rings. The Bertz CT molecular complexity index is 595. The lowest BCUT2D eigenvalue weighted by atomic mass is 9.92. The van der Waals surface area contributed by atoms with E-state index in [1.807, 2.05) is 36.4 Å². The molecule has 0 unspecified atom stereocenters. The smallest absolute Gasteiger partial charge is 0.226 e. The Morgan fingerprint density at radius 1 is 1.10 bits per heavy atom. The Hall–Kier alpha value is -2.13. The molecule has 0 saturated heterocycles. The molecule has 0 saturated carbocycles.